The van der Waals surface area contributed by atoms with E-state index < -0.39 is 11.2 Å². The van der Waals surface area contributed by atoms with E-state index in [1.165, 1.54) is 11.7 Å². The maximum Gasteiger partial charge on any atom is 0.336 e. The number of hydrogen-bond acceptors (Lipinski definition) is 4. The van der Waals surface area contributed by atoms with E-state index in [1.807, 2.05) is 13.0 Å². The van der Waals surface area contributed by atoms with Crippen molar-refractivity contribution >= 4 is 16.8 Å². The number of nitrogens with zero attached hydrogens (tertiary/aromatic N) is 2. The van der Waals surface area contributed by atoms with Gasteiger partial charge >= 0.3 is 5.69 Å². The maximum absolute atomic E-state index is 13.2. The number of rotatable bonds is 5. The maximum atomic E-state index is 13.2. The van der Waals surface area contributed by atoms with Crippen LogP contribution in [-0.2, 0) is 11.3 Å². The van der Waals surface area contributed by atoms with Gasteiger partial charge < -0.3 is 10.1 Å². The van der Waals surface area contributed by atoms with E-state index in [9.17, 15) is 14.4 Å². The summed E-state index contributed by atoms with van der Waals surface area (Å²) in [6.45, 7) is 1.74. The molecule has 0 atom stereocenters. The van der Waals surface area contributed by atoms with Gasteiger partial charge in [0.05, 0.1) is 23.7 Å². The molecule has 4 rings (SSSR count). The molecule has 0 bridgehead atoms. The van der Waals surface area contributed by atoms with Crippen molar-refractivity contribution in [3.8, 4) is 11.4 Å². The van der Waals surface area contributed by atoms with Crippen LogP contribution in [0.5, 0.6) is 5.75 Å². The number of ether oxygens (including phenoxy) is 1. The van der Waals surface area contributed by atoms with Gasteiger partial charge in [-0.2, -0.15) is 0 Å². The summed E-state index contributed by atoms with van der Waals surface area (Å²) in [6, 6.07) is 12.2. The highest BCUT2D eigenvalue weighted by Crippen LogP contribution is 2.19. The molecule has 0 radical (unpaired) electrons. The average molecular weight is 379 g/mol. The van der Waals surface area contributed by atoms with Crippen LogP contribution in [0.25, 0.3) is 16.6 Å². The number of aromatic nitrogens is 2. The van der Waals surface area contributed by atoms with Crippen molar-refractivity contribution in [2.75, 3.05) is 7.11 Å². The van der Waals surface area contributed by atoms with Crippen LogP contribution in [0.4, 0.5) is 0 Å². The SMILES string of the molecule is COc1cccc(-n2c(=O)c3cc(C)ccc3n(CC(=O)NC3CC3)c2=O)c1. The molecule has 7 heteroatoms. The third kappa shape index (κ3) is 3.31. The second kappa shape index (κ2) is 6.99. The van der Waals surface area contributed by atoms with Gasteiger partial charge in [-0.1, -0.05) is 17.7 Å². The third-order valence-corrected chi connectivity index (χ3v) is 4.85. The fourth-order valence-corrected chi connectivity index (χ4v) is 3.26. The number of aryl methyl sites for hydroxylation is 1. The summed E-state index contributed by atoms with van der Waals surface area (Å²) in [5, 5.41) is 3.28. The van der Waals surface area contributed by atoms with Crippen molar-refractivity contribution in [2.45, 2.75) is 32.4 Å². The molecule has 1 fully saturated rings. The Balaban J connectivity index is 1.95. The Bertz CT molecular complexity index is 1190. The van der Waals surface area contributed by atoms with Crippen LogP contribution in [0.15, 0.2) is 52.1 Å². The summed E-state index contributed by atoms with van der Waals surface area (Å²) in [6.07, 6.45) is 1.92. The Labute approximate surface area is 161 Å². The lowest BCUT2D eigenvalue weighted by molar-refractivity contribution is -0.121. The van der Waals surface area contributed by atoms with Crippen molar-refractivity contribution in [3.63, 3.8) is 0 Å². The molecule has 1 N–H and O–H groups in total. The molecule has 0 aliphatic heterocycles. The Kier molecular flexibility index (Phi) is 4.50. The minimum absolute atomic E-state index is 0.140. The number of amides is 1. The predicted octanol–water partition coefficient (Wildman–Crippen LogP) is 1.75. The first-order chi connectivity index (χ1) is 13.5. The molecule has 0 unspecified atom stereocenters. The van der Waals surface area contributed by atoms with Crippen LogP contribution in [-0.4, -0.2) is 28.2 Å². The fourth-order valence-electron chi connectivity index (χ4n) is 3.26. The molecule has 0 spiro atoms. The summed E-state index contributed by atoms with van der Waals surface area (Å²) in [7, 11) is 1.52. The van der Waals surface area contributed by atoms with Crippen molar-refractivity contribution in [3.05, 3.63) is 68.9 Å². The molecule has 1 aromatic heterocycles. The Hall–Kier alpha value is -3.35. The topological polar surface area (TPSA) is 82.3 Å². The number of methoxy groups -OCH3 is 1. The normalized spacial score (nSPS) is 13.5. The highest BCUT2D eigenvalue weighted by atomic mass is 16.5. The molecule has 1 heterocycles. The number of fused-ring (bicyclic) bond motifs is 1. The van der Waals surface area contributed by atoms with Gasteiger partial charge in [-0.3, -0.25) is 14.2 Å². The van der Waals surface area contributed by atoms with Gasteiger partial charge in [0.2, 0.25) is 5.91 Å². The Morgan fingerprint density at radius 2 is 1.96 bits per heavy atom. The van der Waals surface area contributed by atoms with Crippen LogP contribution >= 0.6 is 0 Å². The molecule has 1 saturated carbocycles. The number of carbonyl (C=O) groups excluding carboxylic acids is 1. The minimum atomic E-state index is -0.555. The van der Waals surface area contributed by atoms with E-state index in [0.717, 1.165) is 23.0 Å². The summed E-state index contributed by atoms with van der Waals surface area (Å²) in [5.74, 6) is 0.300. The van der Waals surface area contributed by atoms with Crippen LogP contribution in [0.2, 0.25) is 0 Å². The lowest BCUT2D eigenvalue weighted by atomic mass is 10.1. The van der Waals surface area contributed by atoms with Crippen molar-refractivity contribution in [1.29, 1.82) is 0 Å². The summed E-state index contributed by atoms with van der Waals surface area (Å²) >= 11 is 0. The van der Waals surface area contributed by atoms with E-state index in [2.05, 4.69) is 5.32 Å². The highest BCUT2D eigenvalue weighted by Gasteiger charge is 2.24. The predicted molar refractivity (Wildman–Crippen MR) is 106 cm³/mol. The van der Waals surface area contributed by atoms with Crippen molar-refractivity contribution in [1.82, 2.24) is 14.5 Å². The first-order valence-corrected chi connectivity index (χ1v) is 9.18. The van der Waals surface area contributed by atoms with Gasteiger partial charge in [0.1, 0.15) is 12.3 Å². The molecule has 144 valence electrons. The van der Waals surface area contributed by atoms with Gasteiger partial charge in [0, 0.05) is 12.1 Å². The van der Waals surface area contributed by atoms with Gasteiger partial charge in [0.25, 0.3) is 5.56 Å². The lowest BCUT2D eigenvalue weighted by Gasteiger charge is -2.15. The molecular formula is C21H21N3O4. The van der Waals surface area contributed by atoms with E-state index in [0.29, 0.717) is 22.3 Å². The minimum Gasteiger partial charge on any atom is -0.497 e. The quantitative estimate of drug-likeness (QED) is 0.732. The second-order valence-corrected chi connectivity index (χ2v) is 7.07. The van der Waals surface area contributed by atoms with Crippen LogP contribution < -0.4 is 21.3 Å². The molecule has 7 nitrogen and oxygen atoms in total. The van der Waals surface area contributed by atoms with E-state index in [4.69, 9.17) is 4.74 Å². The molecule has 2 aromatic carbocycles. The molecule has 28 heavy (non-hydrogen) atoms. The zero-order chi connectivity index (χ0) is 19.8. The lowest BCUT2D eigenvalue weighted by Crippen LogP contribution is -2.42. The molecule has 1 aliphatic carbocycles. The Morgan fingerprint density at radius 1 is 1.18 bits per heavy atom. The van der Waals surface area contributed by atoms with E-state index in [-0.39, 0.29) is 18.5 Å². The van der Waals surface area contributed by atoms with Crippen LogP contribution in [0.1, 0.15) is 18.4 Å². The van der Waals surface area contributed by atoms with Gasteiger partial charge in [-0.25, -0.2) is 9.36 Å². The number of nitrogens with one attached hydrogen (secondary N) is 1. The van der Waals surface area contributed by atoms with E-state index >= 15 is 0 Å². The van der Waals surface area contributed by atoms with Crippen molar-refractivity contribution < 1.29 is 9.53 Å². The third-order valence-electron chi connectivity index (χ3n) is 4.85. The zero-order valence-electron chi connectivity index (χ0n) is 15.8. The zero-order valence-corrected chi connectivity index (χ0v) is 15.8. The largest absolute Gasteiger partial charge is 0.497 e. The summed E-state index contributed by atoms with van der Waals surface area (Å²) in [5.41, 5.74) is 0.769. The average Bonchev–Trinajstić information content (AvgIpc) is 3.49. The number of benzene rings is 2. The van der Waals surface area contributed by atoms with Crippen LogP contribution in [0.3, 0.4) is 0 Å². The number of carbonyl (C=O) groups is 1. The molecule has 3 aromatic rings. The standard InChI is InChI=1S/C21H21N3O4/c1-13-6-9-18-17(10-13)20(26)24(15-4-3-5-16(11-15)28-2)21(27)23(18)12-19(25)22-14-7-8-14/h3-6,9-11,14H,7-8,12H2,1-2H3,(H,22,25). The fraction of sp³-hybridized carbons (Fsp3) is 0.286. The summed E-state index contributed by atoms with van der Waals surface area (Å²) < 4.78 is 7.67. The number of hydrogen-bond donors (Lipinski definition) is 1. The van der Waals surface area contributed by atoms with Crippen LogP contribution in [0, 0.1) is 6.92 Å². The molecular weight excluding hydrogens is 358 g/mol. The summed E-state index contributed by atoms with van der Waals surface area (Å²) in [4.78, 5) is 38.7. The molecule has 1 aliphatic rings. The Morgan fingerprint density at radius 3 is 2.68 bits per heavy atom. The first-order valence-electron chi connectivity index (χ1n) is 9.18. The highest BCUT2D eigenvalue weighted by molar-refractivity contribution is 5.82. The van der Waals surface area contributed by atoms with Gasteiger partial charge in [0.15, 0.2) is 0 Å². The molecule has 0 saturated heterocycles. The smallest absolute Gasteiger partial charge is 0.336 e. The van der Waals surface area contributed by atoms with Gasteiger partial charge in [-0.15, -0.1) is 0 Å². The van der Waals surface area contributed by atoms with Gasteiger partial charge in [-0.05, 0) is 44.0 Å². The first kappa shape index (κ1) is 18.0. The van der Waals surface area contributed by atoms with E-state index in [1.54, 1.807) is 36.4 Å². The second-order valence-electron chi connectivity index (χ2n) is 7.07. The molecule has 1 amide bonds. The van der Waals surface area contributed by atoms with Crippen molar-refractivity contribution in [2.24, 2.45) is 0 Å². The monoisotopic (exact) mass is 379 g/mol.